The first-order chi connectivity index (χ1) is 7.79. The Bertz CT molecular complexity index is 341. The first kappa shape index (κ1) is 11.7. The third-order valence-electron chi connectivity index (χ3n) is 3.52. The fourth-order valence-corrected chi connectivity index (χ4v) is 3.02. The second kappa shape index (κ2) is 5.49. The molecule has 1 aliphatic carbocycles. The fraction of sp³-hybridized carbons (Fsp3) is 0.500. The summed E-state index contributed by atoms with van der Waals surface area (Å²) in [4.78, 5) is 11.6. The zero-order valence-electron chi connectivity index (χ0n) is 9.36. The van der Waals surface area contributed by atoms with Gasteiger partial charge in [-0.1, -0.05) is 49.6 Å². The van der Waals surface area contributed by atoms with Crippen molar-refractivity contribution in [3.63, 3.8) is 0 Å². The molecule has 86 valence electrons. The number of rotatable bonds is 3. The summed E-state index contributed by atoms with van der Waals surface area (Å²) in [6.07, 6.45) is 6.04. The van der Waals surface area contributed by atoms with Crippen molar-refractivity contribution >= 4 is 16.8 Å². The van der Waals surface area contributed by atoms with E-state index in [0.717, 1.165) is 18.4 Å². The molecule has 1 saturated carbocycles. The zero-order valence-corrected chi connectivity index (χ0v) is 10.1. The Kier molecular flexibility index (Phi) is 4.00. The minimum Gasteiger partial charge on any atom is -0.281 e. The second-order valence-corrected chi connectivity index (χ2v) is 4.96. The van der Waals surface area contributed by atoms with E-state index in [9.17, 15) is 4.79 Å². The van der Waals surface area contributed by atoms with Gasteiger partial charge in [-0.2, -0.15) is 0 Å². The highest BCUT2D eigenvalue weighted by molar-refractivity contribution is 6.64. The van der Waals surface area contributed by atoms with Crippen molar-refractivity contribution in [3.05, 3.63) is 35.9 Å². The van der Waals surface area contributed by atoms with Gasteiger partial charge in [0.05, 0.1) is 5.92 Å². The van der Waals surface area contributed by atoms with E-state index in [1.807, 2.05) is 30.3 Å². The smallest absolute Gasteiger partial charge is 0.229 e. The number of halogens is 1. The molecule has 1 aromatic carbocycles. The molecule has 0 unspecified atom stereocenters. The van der Waals surface area contributed by atoms with Crippen molar-refractivity contribution in [3.8, 4) is 0 Å². The van der Waals surface area contributed by atoms with Crippen molar-refractivity contribution in [1.29, 1.82) is 0 Å². The van der Waals surface area contributed by atoms with Crippen molar-refractivity contribution in [2.24, 2.45) is 5.92 Å². The maximum atomic E-state index is 11.6. The number of carbonyl (C=O) groups is 1. The molecule has 0 spiro atoms. The molecule has 0 amide bonds. The van der Waals surface area contributed by atoms with E-state index in [2.05, 4.69) is 0 Å². The Hall–Kier alpha value is -0.820. The summed E-state index contributed by atoms with van der Waals surface area (Å²) in [5, 5.41) is -0.196. The average molecular weight is 237 g/mol. The van der Waals surface area contributed by atoms with Gasteiger partial charge in [-0.3, -0.25) is 4.79 Å². The van der Waals surface area contributed by atoms with Gasteiger partial charge < -0.3 is 0 Å². The first-order valence-corrected chi connectivity index (χ1v) is 6.41. The maximum absolute atomic E-state index is 11.6. The molecule has 1 fully saturated rings. The molecule has 0 aromatic heterocycles. The van der Waals surface area contributed by atoms with Crippen LogP contribution in [0.5, 0.6) is 0 Å². The lowest BCUT2D eigenvalue weighted by atomic mass is 9.77. The SMILES string of the molecule is O=C(Cl)[C@@H](c1ccccc1)C1CCCCC1. The van der Waals surface area contributed by atoms with E-state index in [0.29, 0.717) is 5.92 Å². The summed E-state index contributed by atoms with van der Waals surface area (Å²) in [5.41, 5.74) is 1.08. The quantitative estimate of drug-likeness (QED) is 0.722. The molecule has 0 saturated heterocycles. The highest BCUT2D eigenvalue weighted by Gasteiger charge is 2.29. The van der Waals surface area contributed by atoms with Gasteiger partial charge >= 0.3 is 0 Å². The molecule has 2 rings (SSSR count). The molecule has 1 nitrogen and oxygen atoms in total. The number of carbonyl (C=O) groups excluding carboxylic acids is 1. The van der Waals surface area contributed by atoms with Crippen molar-refractivity contribution in [1.82, 2.24) is 0 Å². The van der Waals surface area contributed by atoms with Crippen molar-refractivity contribution < 1.29 is 4.79 Å². The van der Waals surface area contributed by atoms with Gasteiger partial charge in [0, 0.05) is 0 Å². The van der Waals surface area contributed by atoms with Crippen LogP contribution in [-0.4, -0.2) is 5.24 Å². The molecule has 0 heterocycles. The summed E-state index contributed by atoms with van der Waals surface area (Å²) < 4.78 is 0. The summed E-state index contributed by atoms with van der Waals surface area (Å²) in [5.74, 6) is 0.351. The van der Waals surface area contributed by atoms with Gasteiger partial charge in [-0.05, 0) is 35.9 Å². The first-order valence-electron chi connectivity index (χ1n) is 6.03. The molecular weight excluding hydrogens is 220 g/mol. The van der Waals surface area contributed by atoms with E-state index < -0.39 is 0 Å². The van der Waals surface area contributed by atoms with Crippen LogP contribution in [0.2, 0.25) is 0 Å². The maximum Gasteiger partial charge on any atom is 0.229 e. The minimum absolute atomic E-state index is 0.0943. The third kappa shape index (κ3) is 2.65. The summed E-state index contributed by atoms with van der Waals surface area (Å²) >= 11 is 5.77. The van der Waals surface area contributed by atoms with E-state index in [-0.39, 0.29) is 11.2 Å². The second-order valence-electron chi connectivity index (χ2n) is 4.59. The molecule has 2 heteroatoms. The largest absolute Gasteiger partial charge is 0.281 e. The minimum atomic E-state index is -0.196. The molecule has 0 aliphatic heterocycles. The zero-order chi connectivity index (χ0) is 11.4. The lowest BCUT2D eigenvalue weighted by Crippen LogP contribution is -2.21. The number of benzene rings is 1. The Labute approximate surface area is 102 Å². The van der Waals surface area contributed by atoms with Gasteiger partial charge in [0.1, 0.15) is 0 Å². The normalized spacial score (nSPS) is 19.3. The van der Waals surface area contributed by atoms with E-state index >= 15 is 0 Å². The van der Waals surface area contributed by atoms with Gasteiger partial charge in [0.2, 0.25) is 5.24 Å². The third-order valence-corrected chi connectivity index (χ3v) is 3.76. The van der Waals surface area contributed by atoms with Crippen LogP contribution in [0.3, 0.4) is 0 Å². The highest BCUT2D eigenvalue weighted by Crippen LogP contribution is 2.37. The Morgan fingerprint density at radius 3 is 2.31 bits per heavy atom. The molecule has 0 N–H and O–H groups in total. The van der Waals surface area contributed by atoms with Gasteiger partial charge in [-0.15, -0.1) is 0 Å². The van der Waals surface area contributed by atoms with Crippen LogP contribution >= 0.6 is 11.6 Å². The van der Waals surface area contributed by atoms with E-state index in [4.69, 9.17) is 11.6 Å². The van der Waals surface area contributed by atoms with E-state index in [1.54, 1.807) is 0 Å². The van der Waals surface area contributed by atoms with Crippen molar-refractivity contribution in [2.45, 2.75) is 38.0 Å². The van der Waals surface area contributed by atoms with Gasteiger partial charge in [0.25, 0.3) is 0 Å². The van der Waals surface area contributed by atoms with Crippen LogP contribution in [0.4, 0.5) is 0 Å². The van der Waals surface area contributed by atoms with E-state index in [1.165, 1.54) is 19.3 Å². The molecule has 1 atom stereocenters. The average Bonchev–Trinajstić information content (AvgIpc) is 2.31. The standard InChI is InChI=1S/C14H17ClO/c15-14(16)13(11-7-3-1-4-8-11)12-9-5-2-6-10-12/h1,3-4,7-8,12-13H,2,5-6,9-10H2/t13-/m0/s1. The predicted octanol–water partition coefficient (Wildman–Crippen LogP) is 4.12. The monoisotopic (exact) mass is 236 g/mol. The molecule has 16 heavy (non-hydrogen) atoms. The Balaban J connectivity index is 2.20. The van der Waals surface area contributed by atoms with Gasteiger partial charge in [-0.25, -0.2) is 0 Å². The summed E-state index contributed by atoms with van der Waals surface area (Å²) in [6.45, 7) is 0. The van der Waals surface area contributed by atoms with Crippen LogP contribution in [0.1, 0.15) is 43.6 Å². The number of hydrogen-bond donors (Lipinski definition) is 0. The summed E-state index contributed by atoms with van der Waals surface area (Å²) in [6, 6.07) is 9.95. The topological polar surface area (TPSA) is 17.1 Å². The lowest BCUT2D eigenvalue weighted by Gasteiger charge is -2.28. The Morgan fingerprint density at radius 1 is 1.12 bits per heavy atom. The molecule has 0 bridgehead atoms. The Morgan fingerprint density at radius 2 is 1.75 bits per heavy atom. The van der Waals surface area contributed by atoms with Crippen LogP contribution in [0.25, 0.3) is 0 Å². The van der Waals surface area contributed by atoms with Crippen LogP contribution in [-0.2, 0) is 4.79 Å². The van der Waals surface area contributed by atoms with Crippen LogP contribution in [0.15, 0.2) is 30.3 Å². The fourth-order valence-electron chi connectivity index (χ4n) is 2.72. The molecule has 1 aliphatic rings. The lowest BCUT2D eigenvalue weighted by molar-refractivity contribution is -0.114. The number of hydrogen-bond acceptors (Lipinski definition) is 1. The van der Waals surface area contributed by atoms with Gasteiger partial charge in [0.15, 0.2) is 0 Å². The van der Waals surface area contributed by atoms with Crippen LogP contribution < -0.4 is 0 Å². The molecule has 1 aromatic rings. The highest BCUT2D eigenvalue weighted by atomic mass is 35.5. The predicted molar refractivity (Wildman–Crippen MR) is 66.6 cm³/mol. The molecule has 0 radical (unpaired) electrons. The van der Waals surface area contributed by atoms with Crippen molar-refractivity contribution in [2.75, 3.05) is 0 Å². The molecular formula is C14H17ClO. The summed E-state index contributed by atoms with van der Waals surface area (Å²) in [7, 11) is 0. The van der Waals surface area contributed by atoms with Crippen LogP contribution in [0, 0.1) is 5.92 Å².